The van der Waals surface area contributed by atoms with E-state index < -0.39 is 0 Å². The molecule has 0 bridgehead atoms. The van der Waals surface area contributed by atoms with Gasteiger partial charge in [-0.25, -0.2) is 9.97 Å². The van der Waals surface area contributed by atoms with Gasteiger partial charge >= 0.3 is 0 Å². The fourth-order valence-corrected chi connectivity index (χ4v) is 3.88. The van der Waals surface area contributed by atoms with Crippen LogP contribution in [0.15, 0.2) is 24.5 Å². The molecule has 3 rings (SSSR count). The Bertz CT molecular complexity index is 868. The third-order valence-corrected chi connectivity index (χ3v) is 5.53. The van der Waals surface area contributed by atoms with Gasteiger partial charge in [0.15, 0.2) is 0 Å². The summed E-state index contributed by atoms with van der Waals surface area (Å²) in [6.45, 7) is 8.53. The Labute approximate surface area is 146 Å². The zero-order valence-electron chi connectivity index (χ0n) is 14.6. The summed E-state index contributed by atoms with van der Waals surface area (Å²) >= 11 is 1.69. The molecule has 2 N–H and O–H groups in total. The maximum Gasteiger partial charge on any atom is 0.139 e. The lowest BCUT2D eigenvalue weighted by Gasteiger charge is -2.16. The van der Waals surface area contributed by atoms with E-state index >= 15 is 0 Å². The zero-order chi connectivity index (χ0) is 17.3. The van der Waals surface area contributed by atoms with Crippen LogP contribution in [-0.4, -0.2) is 27.7 Å². The van der Waals surface area contributed by atoms with E-state index in [1.807, 2.05) is 0 Å². The molecule has 3 aromatic rings. The zero-order valence-corrected chi connectivity index (χ0v) is 15.4. The lowest BCUT2D eigenvalue weighted by atomic mass is 9.99. The number of nitrogens with one attached hydrogen (secondary N) is 1. The van der Waals surface area contributed by atoms with Crippen molar-refractivity contribution in [2.45, 2.75) is 40.2 Å². The smallest absolute Gasteiger partial charge is 0.139 e. The highest BCUT2D eigenvalue weighted by molar-refractivity contribution is 7.19. The van der Waals surface area contributed by atoms with Gasteiger partial charge in [-0.15, -0.1) is 11.3 Å². The molecule has 0 spiro atoms. The summed E-state index contributed by atoms with van der Waals surface area (Å²) in [5.41, 5.74) is 4.95. The Morgan fingerprint density at radius 1 is 1.17 bits per heavy atom. The molecule has 0 aliphatic heterocycles. The van der Waals surface area contributed by atoms with Crippen LogP contribution in [-0.2, 0) is 0 Å². The number of nitrogens with zero attached hydrogens (tertiary/aromatic N) is 2. The minimum Gasteiger partial charge on any atom is -0.394 e. The second kappa shape index (κ2) is 6.87. The summed E-state index contributed by atoms with van der Waals surface area (Å²) in [5.74, 6) is 0.804. The summed E-state index contributed by atoms with van der Waals surface area (Å²) < 4.78 is 0. The maximum absolute atomic E-state index is 9.51. The molecule has 0 amide bonds. The molecule has 4 nitrogen and oxygen atoms in total. The molecule has 0 fully saturated rings. The quantitative estimate of drug-likeness (QED) is 0.719. The summed E-state index contributed by atoms with van der Waals surface area (Å²) in [6.07, 6.45) is 2.43. The molecule has 0 aliphatic carbocycles. The standard InChI is InChI=1S/C19H23N3OS/c1-5-15(9-23)22-18-17-16(13(4)24-19(17)21-10-20-18)14-7-6-11(2)12(3)8-14/h6-8,10,15,23H,5,9H2,1-4H3,(H,20,21,22). The molecule has 2 heterocycles. The third-order valence-electron chi connectivity index (χ3n) is 4.51. The number of benzene rings is 1. The van der Waals surface area contributed by atoms with Gasteiger partial charge in [0, 0.05) is 10.4 Å². The van der Waals surface area contributed by atoms with Crippen molar-refractivity contribution in [3.05, 3.63) is 40.5 Å². The minimum atomic E-state index is -0.00379. The maximum atomic E-state index is 9.51. The van der Waals surface area contributed by atoms with Crippen LogP contribution >= 0.6 is 11.3 Å². The van der Waals surface area contributed by atoms with E-state index in [4.69, 9.17) is 0 Å². The highest BCUT2D eigenvalue weighted by Crippen LogP contribution is 2.40. The van der Waals surface area contributed by atoms with Crippen LogP contribution in [0.5, 0.6) is 0 Å². The van der Waals surface area contributed by atoms with Crippen molar-refractivity contribution in [3.8, 4) is 11.1 Å². The number of aliphatic hydroxyl groups is 1. The summed E-state index contributed by atoms with van der Waals surface area (Å²) in [6, 6.07) is 6.55. The van der Waals surface area contributed by atoms with Crippen molar-refractivity contribution in [1.82, 2.24) is 9.97 Å². The largest absolute Gasteiger partial charge is 0.394 e. The second-order valence-corrected chi connectivity index (χ2v) is 7.37. The van der Waals surface area contributed by atoms with Gasteiger partial charge in [-0.2, -0.15) is 0 Å². The van der Waals surface area contributed by atoms with Gasteiger partial charge in [0.1, 0.15) is 17.0 Å². The molecule has 0 aliphatic rings. The van der Waals surface area contributed by atoms with Crippen LogP contribution in [0.1, 0.15) is 29.3 Å². The number of aryl methyl sites for hydroxylation is 3. The van der Waals surface area contributed by atoms with Crippen LogP contribution in [0.25, 0.3) is 21.3 Å². The summed E-state index contributed by atoms with van der Waals surface area (Å²) in [7, 11) is 0. The lowest BCUT2D eigenvalue weighted by molar-refractivity contribution is 0.271. The Morgan fingerprint density at radius 2 is 1.96 bits per heavy atom. The number of anilines is 1. The number of aliphatic hydroxyl groups excluding tert-OH is 1. The average Bonchev–Trinajstić information content (AvgIpc) is 2.92. The van der Waals surface area contributed by atoms with Crippen molar-refractivity contribution < 1.29 is 5.11 Å². The predicted molar refractivity (Wildman–Crippen MR) is 102 cm³/mol. The molecule has 0 saturated carbocycles. The van der Waals surface area contributed by atoms with Crippen molar-refractivity contribution in [3.63, 3.8) is 0 Å². The van der Waals surface area contributed by atoms with Crippen molar-refractivity contribution in [1.29, 1.82) is 0 Å². The summed E-state index contributed by atoms with van der Waals surface area (Å²) in [4.78, 5) is 11.1. The lowest BCUT2D eigenvalue weighted by Crippen LogP contribution is -2.23. The number of hydrogen-bond acceptors (Lipinski definition) is 5. The number of rotatable bonds is 5. The third kappa shape index (κ3) is 3.01. The van der Waals surface area contributed by atoms with Gasteiger partial charge in [-0.3, -0.25) is 0 Å². The Hall–Kier alpha value is -1.98. The number of aromatic nitrogens is 2. The molecule has 0 radical (unpaired) electrons. The highest BCUT2D eigenvalue weighted by atomic mass is 32.1. The Kier molecular flexibility index (Phi) is 4.83. The minimum absolute atomic E-state index is 0.00379. The van der Waals surface area contributed by atoms with E-state index in [1.165, 1.54) is 27.1 Å². The van der Waals surface area contributed by atoms with E-state index in [9.17, 15) is 5.11 Å². The fraction of sp³-hybridized carbons (Fsp3) is 0.368. The SMILES string of the molecule is CCC(CO)Nc1ncnc2sc(C)c(-c3ccc(C)c(C)c3)c12. The second-order valence-electron chi connectivity index (χ2n) is 6.17. The van der Waals surface area contributed by atoms with Gasteiger partial charge in [0.05, 0.1) is 18.0 Å². The van der Waals surface area contributed by atoms with E-state index in [0.717, 1.165) is 22.5 Å². The van der Waals surface area contributed by atoms with Crippen LogP contribution in [0.4, 0.5) is 5.82 Å². The average molecular weight is 341 g/mol. The fourth-order valence-electron chi connectivity index (χ4n) is 2.87. The molecule has 2 aromatic heterocycles. The number of thiophene rings is 1. The molecule has 1 aromatic carbocycles. The predicted octanol–water partition coefficient (Wildman–Crippen LogP) is 4.47. The van der Waals surface area contributed by atoms with Gasteiger partial charge in [-0.05, 0) is 43.9 Å². The molecule has 126 valence electrons. The van der Waals surface area contributed by atoms with Gasteiger partial charge in [0.2, 0.25) is 0 Å². The molecule has 1 atom stereocenters. The monoisotopic (exact) mass is 341 g/mol. The first-order valence-electron chi connectivity index (χ1n) is 8.24. The molecule has 0 saturated heterocycles. The van der Waals surface area contributed by atoms with Crippen molar-refractivity contribution in [2.75, 3.05) is 11.9 Å². The van der Waals surface area contributed by atoms with Gasteiger partial charge in [0.25, 0.3) is 0 Å². The molecule has 24 heavy (non-hydrogen) atoms. The van der Waals surface area contributed by atoms with Gasteiger partial charge in [-0.1, -0.05) is 25.1 Å². The van der Waals surface area contributed by atoms with E-state index in [-0.39, 0.29) is 12.6 Å². The Balaban J connectivity index is 2.20. The van der Waals surface area contributed by atoms with Crippen LogP contribution in [0, 0.1) is 20.8 Å². The first-order chi connectivity index (χ1) is 11.5. The van der Waals surface area contributed by atoms with Gasteiger partial charge < -0.3 is 10.4 Å². The molecular formula is C19H23N3OS. The van der Waals surface area contributed by atoms with Crippen LogP contribution in [0.2, 0.25) is 0 Å². The first-order valence-corrected chi connectivity index (χ1v) is 9.05. The molecular weight excluding hydrogens is 318 g/mol. The van der Waals surface area contributed by atoms with E-state index in [1.54, 1.807) is 17.7 Å². The number of hydrogen-bond donors (Lipinski definition) is 2. The topological polar surface area (TPSA) is 58.0 Å². The molecule has 1 unspecified atom stereocenters. The highest BCUT2D eigenvalue weighted by Gasteiger charge is 2.18. The number of fused-ring (bicyclic) bond motifs is 1. The van der Waals surface area contributed by atoms with Crippen LogP contribution < -0.4 is 5.32 Å². The van der Waals surface area contributed by atoms with Crippen LogP contribution in [0.3, 0.4) is 0 Å². The molecule has 5 heteroatoms. The van der Waals surface area contributed by atoms with E-state index in [0.29, 0.717) is 0 Å². The first kappa shape index (κ1) is 16.9. The normalized spacial score (nSPS) is 12.5. The summed E-state index contributed by atoms with van der Waals surface area (Å²) in [5, 5.41) is 13.9. The van der Waals surface area contributed by atoms with Crippen molar-refractivity contribution >= 4 is 27.4 Å². The Morgan fingerprint density at radius 3 is 2.62 bits per heavy atom. The van der Waals surface area contributed by atoms with Crippen molar-refractivity contribution in [2.24, 2.45) is 0 Å². The van der Waals surface area contributed by atoms with E-state index in [2.05, 4.69) is 61.2 Å².